The van der Waals surface area contributed by atoms with E-state index in [4.69, 9.17) is 28.6 Å². The number of carbonyl (C=O) groups is 1. The van der Waals surface area contributed by atoms with Gasteiger partial charge in [-0.3, -0.25) is 0 Å². The number of thioether (sulfide) groups is 1. The molecule has 2 aromatic rings. The van der Waals surface area contributed by atoms with Crippen molar-refractivity contribution in [1.29, 1.82) is 0 Å². The predicted octanol–water partition coefficient (Wildman–Crippen LogP) is 5.04. The number of esters is 1. The lowest BCUT2D eigenvalue weighted by molar-refractivity contribution is 0.0601. The summed E-state index contributed by atoms with van der Waals surface area (Å²) >= 11 is 13.2. The van der Waals surface area contributed by atoms with E-state index in [1.54, 1.807) is 18.2 Å². The Morgan fingerprint density at radius 1 is 1.26 bits per heavy atom. The van der Waals surface area contributed by atoms with Crippen LogP contribution < -0.4 is 10.6 Å². The Morgan fingerprint density at radius 3 is 2.81 bits per heavy atom. The fourth-order valence-electron chi connectivity index (χ4n) is 2.41. The summed E-state index contributed by atoms with van der Waals surface area (Å²) in [5.41, 5.74) is 3.64. The molecule has 0 fully saturated rings. The van der Waals surface area contributed by atoms with Gasteiger partial charge in [0.15, 0.2) is 5.11 Å². The number of thiocarbonyl (C=S) groups is 1. The van der Waals surface area contributed by atoms with Gasteiger partial charge in [0, 0.05) is 18.0 Å². The number of hydrogen-bond donors (Lipinski definition) is 2. The number of ether oxygens (including phenoxy) is 1. The molecule has 144 valence electrons. The van der Waals surface area contributed by atoms with Gasteiger partial charge in [-0.25, -0.2) is 4.79 Å². The van der Waals surface area contributed by atoms with Crippen molar-refractivity contribution in [1.82, 2.24) is 5.32 Å². The molecule has 2 rings (SSSR count). The molecule has 0 aliphatic rings. The maximum atomic E-state index is 11.7. The minimum atomic E-state index is -0.479. The summed E-state index contributed by atoms with van der Waals surface area (Å²) in [5, 5.41) is 7.09. The second-order valence-electron chi connectivity index (χ2n) is 5.96. The van der Waals surface area contributed by atoms with E-state index in [9.17, 15) is 4.79 Å². The molecule has 0 radical (unpaired) electrons. The van der Waals surface area contributed by atoms with Crippen molar-refractivity contribution in [2.45, 2.75) is 19.1 Å². The largest absolute Gasteiger partial charge is 0.465 e. The Hall–Kier alpha value is -1.76. The smallest absolute Gasteiger partial charge is 0.339 e. The molecule has 7 heteroatoms. The van der Waals surface area contributed by atoms with Crippen molar-refractivity contribution >= 4 is 52.3 Å². The third-order valence-corrected chi connectivity index (χ3v) is 5.42. The van der Waals surface area contributed by atoms with Gasteiger partial charge in [-0.2, -0.15) is 11.8 Å². The zero-order chi connectivity index (χ0) is 19.6. The van der Waals surface area contributed by atoms with Crippen LogP contribution in [-0.2, 0) is 10.5 Å². The van der Waals surface area contributed by atoms with Crippen molar-refractivity contribution in [3.8, 4) is 0 Å². The van der Waals surface area contributed by atoms with Gasteiger partial charge in [-0.05, 0) is 55.1 Å². The first-order valence-electron chi connectivity index (χ1n) is 8.55. The third kappa shape index (κ3) is 7.40. The fraction of sp³-hybridized carbons (Fsp3) is 0.300. The van der Waals surface area contributed by atoms with Crippen LogP contribution in [0, 0.1) is 6.92 Å². The SMILES string of the molecule is COC(=O)c1cc(NC(=S)NCCCSCc2cccc(C)c2)ccc1Cl. The Labute approximate surface area is 175 Å². The lowest BCUT2D eigenvalue weighted by atomic mass is 10.2. The molecule has 0 aliphatic carbocycles. The zero-order valence-corrected chi connectivity index (χ0v) is 17.8. The van der Waals surface area contributed by atoms with E-state index in [2.05, 4.69) is 41.8 Å². The molecular formula is C20H23ClN2O2S2. The van der Waals surface area contributed by atoms with Crippen LogP contribution in [0.3, 0.4) is 0 Å². The summed E-state index contributed by atoms with van der Waals surface area (Å²) in [4.78, 5) is 11.7. The summed E-state index contributed by atoms with van der Waals surface area (Å²) in [6.45, 7) is 2.89. The van der Waals surface area contributed by atoms with Gasteiger partial charge in [0.25, 0.3) is 0 Å². The molecule has 0 amide bonds. The quantitative estimate of drug-likeness (QED) is 0.353. The Morgan fingerprint density at radius 2 is 2.07 bits per heavy atom. The number of carbonyl (C=O) groups excluding carboxylic acids is 1. The Kier molecular flexibility index (Phi) is 8.91. The van der Waals surface area contributed by atoms with Gasteiger partial charge in [0.1, 0.15) is 0 Å². The maximum absolute atomic E-state index is 11.7. The van der Waals surface area contributed by atoms with Crippen LogP contribution >= 0.6 is 35.6 Å². The van der Waals surface area contributed by atoms with Crippen molar-refractivity contribution in [3.05, 3.63) is 64.2 Å². The first-order chi connectivity index (χ1) is 13.0. The van der Waals surface area contributed by atoms with Gasteiger partial charge >= 0.3 is 5.97 Å². The molecular weight excluding hydrogens is 400 g/mol. The number of nitrogens with one attached hydrogen (secondary N) is 2. The number of rotatable bonds is 8. The fourth-order valence-corrected chi connectivity index (χ4v) is 3.74. The van der Waals surface area contributed by atoms with Crippen LogP contribution in [0.5, 0.6) is 0 Å². The van der Waals surface area contributed by atoms with E-state index < -0.39 is 5.97 Å². The minimum absolute atomic E-state index is 0.305. The molecule has 2 aromatic carbocycles. The molecule has 0 aromatic heterocycles. The van der Waals surface area contributed by atoms with Crippen LogP contribution in [0.15, 0.2) is 42.5 Å². The van der Waals surface area contributed by atoms with Crippen LogP contribution in [0.25, 0.3) is 0 Å². The lowest BCUT2D eigenvalue weighted by Gasteiger charge is -2.12. The van der Waals surface area contributed by atoms with Gasteiger partial charge in [0.2, 0.25) is 0 Å². The van der Waals surface area contributed by atoms with Crippen molar-refractivity contribution < 1.29 is 9.53 Å². The second-order valence-corrected chi connectivity index (χ2v) is 7.88. The van der Waals surface area contributed by atoms with Crippen LogP contribution in [-0.4, -0.2) is 30.5 Å². The van der Waals surface area contributed by atoms with Crippen molar-refractivity contribution in [2.24, 2.45) is 0 Å². The molecule has 0 saturated carbocycles. The minimum Gasteiger partial charge on any atom is -0.465 e. The van der Waals surface area contributed by atoms with Gasteiger partial charge < -0.3 is 15.4 Å². The zero-order valence-electron chi connectivity index (χ0n) is 15.4. The Balaban J connectivity index is 1.68. The molecule has 0 bridgehead atoms. The average Bonchev–Trinajstić information content (AvgIpc) is 2.65. The monoisotopic (exact) mass is 422 g/mol. The van der Waals surface area contributed by atoms with Crippen LogP contribution in [0.4, 0.5) is 5.69 Å². The summed E-state index contributed by atoms with van der Waals surface area (Å²) in [5.74, 6) is 1.59. The number of methoxy groups -OCH3 is 1. The molecule has 27 heavy (non-hydrogen) atoms. The van der Waals surface area contributed by atoms with Gasteiger partial charge in [-0.1, -0.05) is 41.4 Å². The highest BCUT2D eigenvalue weighted by atomic mass is 35.5. The van der Waals surface area contributed by atoms with E-state index in [1.807, 2.05) is 11.8 Å². The number of halogens is 1. The van der Waals surface area contributed by atoms with Gasteiger partial charge in [0.05, 0.1) is 17.7 Å². The molecule has 0 atom stereocenters. The number of aryl methyl sites for hydroxylation is 1. The number of benzene rings is 2. The van der Waals surface area contributed by atoms with Gasteiger partial charge in [-0.15, -0.1) is 0 Å². The first kappa shape index (κ1) is 21.5. The Bertz CT molecular complexity index is 799. The normalized spacial score (nSPS) is 10.3. The summed E-state index contributed by atoms with van der Waals surface area (Å²) < 4.78 is 4.72. The molecule has 0 spiro atoms. The lowest BCUT2D eigenvalue weighted by Crippen LogP contribution is -2.29. The summed E-state index contributed by atoms with van der Waals surface area (Å²) in [6.07, 6.45) is 1.01. The highest BCUT2D eigenvalue weighted by molar-refractivity contribution is 7.98. The van der Waals surface area contributed by atoms with Crippen molar-refractivity contribution in [3.63, 3.8) is 0 Å². The molecule has 0 heterocycles. The average molecular weight is 423 g/mol. The molecule has 0 saturated heterocycles. The molecule has 0 unspecified atom stereocenters. The predicted molar refractivity (Wildman–Crippen MR) is 119 cm³/mol. The summed E-state index contributed by atoms with van der Waals surface area (Å²) in [7, 11) is 1.32. The topological polar surface area (TPSA) is 50.4 Å². The van der Waals surface area contributed by atoms with Crippen LogP contribution in [0.1, 0.15) is 27.9 Å². The summed E-state index contributed by atoms with van der Waals surface area (Å²) in [6, 6.07) is 13.6. The number of hydrogen-bond acceptors (Lipinski definition) is 4. The molecule has 2 N–H and O–H groups in total. The van der Waals surface area contributed by atoms with Crippen LogP contribution in [0.2, 0.25) is 5.02 Å². The van der Waals surface area contributed by atoms with E-state index in [1.165, 1.54) is 18.2 Å². The number of anilines is 1. The maximum Gasteiger partial charge on any atom is 0.339 e. The molecule has 0 aliphatic heterocycles. The third-order valence-electron chi connectivity index (χ3n) is 3.73. The van der Waals surface area contributed by atoms with E-state index in [0.29, 0.717) is 21.4 Å². The van der Waals surface area contributed by atoms with E-state index in [-0.39, 0.29) is 0 Å². The second kappa shape index (κ2) is 11.2. The van der Waals surface area contributed by atoms with Crippen molar-refractivity contribution in [2.75, 3.05) is 24.7 Å². The standard InChI is InChI=1S/C20H23ClN2O2S2/c1-14-5-3-6-15(11-14)13-27-10-4-9-22-20(26)23-16-7-8-18(21)17(12-16)19(24)25-2/h3,5-8,11-12H,4,9-10,13H2,1-2H3,(H2,22,23,26). The molecule has 4 nitrogen and oxygen atoms in total. The highest BCUT2D eigenvalue weighted by Gasteiger charge is 2.11. The van der Waals surface area contributed by atoms with E-state index in [0.717, 1.165) is 24.5 Å². The van der Waals surface area contributed by atoms with E-state index >= 15 is 0 Å². The first-order valence-corrected chi connectivity index (χ1v) is 10.5. The highest BCUT2D eigenvalue weighted by Crippen LogP contribution is 2.21.